The first-order valence-corrected chi connectivity index (χ1v) is 8.71. The normalized spacial score (nSPS) is 16.9. The highest BCUT2D eigenvalue weighted by Gasteiger charge is 2.34. The number of hydrogen-bond donors (Lipinski definition) is 4. The van der Waals surface area contributed by atoms with E-state index in [0.717, 1.165) is 5.56 Å². The van der Waals surface area contributed by atoms with E-state index in [1.807, 2.05) is 4.90 Å². The Morgan fingerprint density at radius 3 is 2.89 bits per heavy atom. The van der Waals surface area contributed by atoms with Crippen molar-refractivity contribution in [2.75, 3.05) is 32.8 Å². The number of hydrogen-bond acceptors (Lipinski definition) is 8. The number of likely N-dealkylation sites (tertiary alicyclic amines) is 1. The van der Waals surface area contributed by atoms with Crippen LogP contribution in [0.1, 0.15) is 15.9 Å². The van der Waals surface area contributed by atoms with Gasteiger partial charge in [-0.3, -0.25) is 14.5 Å². The zero-order chi connectivity index (χ0) is 19.4. The molecule has 0 atom stereocenters. The van der Waals surface area contributed by atoms with E-state index in [9.17, 15) is 19.7 Å². The standard InChI is InChI=1S/C16H22BN3O7/c18-5-6-25-19-13(21)9-20-7-11(8-20)26-12-2-1-10-3-4-17(24)27-15(10)14(12)16(22)23/h1-2,11,24H,3-9,18H2,(H,19,21)(H,22,23). The Balaban J connectivity index is 1.57. The van der Waals surface area contributed by atoms with E-state index in [-0.39, 0.29) is 42.2 Å². The van der Waals surface area contributed by atoms with Crippen LogP contribution >= 0.6 is 0 Å². The van der Waals surface area contributed by atoms with Gasteiger partial charge in [-0.05, 0) is 24.4 Å². The van der Waals surface area contributed by atoms with Crippen molar-refractivity contribution in [3.8, 4) is 11.5 Å². The summed E-state index contributed by atoms with van der Waals surface area (Å²) in [5, 5.41) is 19.2. The zero-order valence-corrected chi connectivity index (χ0v) is 14.7. The molecule has 1 fully saturated rings. The fourth-order valence-corrected chi connectivity index (χ4v) is 3.05. The largest absolute Gasteiger partial charge is 0.535 e. The van der Waals surface area contributed by atoms with E-state index < -0.39 is 13.1 Å². The minimum absolute atomic E-state index is 0.0855. The fraction of sp³-hybridized carbons (Fsp3) is 0.500. The van der Waals surface area contributed by atoms with Crippen LogP contribution in [0, 0.1) is 0 Å². The molecule has 1 aromatic rings. The van der Waals surface area contributed by atoms with E-state index in [1.165, 1.54) is 0 Å². The summed E-state index contributed by atoms with van der Waals surface area (Å²) >= 11 is 0. The van der Waals surface area contributed by atoms with Crippen molar-refractivity contribution in [2.24, 2.45) is 5.73 Å². The van der Waals surface area contributed by atoms with Crippen molar-refractivity contribution in [2.45, 2.75) is 18.8 Å². The third-order valence-electron chi connectivity index (χ3n) is 4.32. The predicted octanol–water partition coefficient (Wildman–Crippen LogP) is -1.13. The number of carbonyl (C=O) groups is 2. The van der Waals surface area contributed by atoms with E-state index in [1.54, 1.807) is 12.1 Å². The number of carboxylic acid groups (broad SMARTS) is 1. The number of fused-ring (bicyclic) bond motifs is 1. The van der Waals surface area contributed by atoms with Crippen molar-refractivity contribution < 1.29 is 33.9 Å². The lowest BCUT2D eigenvalue weighted by Gasteiger charge is -2.38. The van der Waals surface area contributed by atoms with Crippen molar-refractivity contribution in [3.63, 3.8) is 0 Å². The highest BCUT2D eigenvalue weighted by atomic mass is 16.7. The summed E-state index contributed by atoms with van der Waals surface area (Å²) in [6, 6.07) is 3.36. The van der Waals surface area contributed by atoms with Crippen LogP contribution in [-0.2, 0) is 16.1 Å². The lowest BCUT2D eigenvalue weighted by Crippen LogP contribution is -2.56. The number of carboxylic acids is 1. The van der Waals surface area contributed by atoms with Crippen LogP contribution in [0.25, 0.3) is 0 Å². The highest BCUT2D eigenvalue weighted by molar-refractivity contribution is 6.44. The maximum atomic E-state index is 11.7. The predicted molar refractivity (Wildman–Crippen MR) is 94.5 cm³/mol. The first-order valence-electron chi connectivity index (χ1n) is 8.71. The third-order valence-corrected chi connectivity index (χ3v) is 4.32. The lowest BCUT2D eigenvalue weighted by molar-refractivity contribution is -0.136. The van der Waals surface area contributed by atoms with Crippen molar-refractivity contribution in [3.05, 3.63) is 23.3 Å². The molecule has 0 spiro atoms. The van der Waals surface area contributed by atoms with E-state index >= 15 is 0 Å². The number of hydroxylamine groups is 1. The maximum Gasteiger partial charge on any atom is 0.522 e. The Morgan fingerprint density at radius 1 is 1.41 bits per heavy atom. The van der Waals surface area contributed by atoms with Crippen molar-refractivity contribution >= 4 is 19.0 Å². The second kappa shape index (κ2) is 8.57. The molecule has 0 saturated carbocycles. The third kappa shape index (κ3) is 4.69. The van der Waals surface area contributed by atoms with Crippen LogP contribution in [0.15, 0.2) is 12.1 Å². The molecule has 1 saturated heterocycles. The summed E-state index contributed by atoms with van der Waals surface area (Å²) in [6.07, 6.45) is 0.712. The molecule has 1 aromatic carbocycles. The van der Waals surface area contributed by atoms with Crippen LogP contribution in [-0.4, -0.2) is 72.9 Å². The molecule has 5 N–H and O–H groups in total. The van der Waals surface area contributed by atoms with Crippen molar-refractivity contribution in [1.29, 1.82) is 0 Å². The van der Waals surface area contributed by atoms with Crippen LogP contribution < -0.4 is 20.6 Å². The van der Waals surface area contributed by atoms with Gasteiger partial charge in [-0.1, -0.05) is 6.07 Å². The Hall–Kier alpha value is -2.34. The molecule has 3 rings (SSSR count). The second-order valence-corrected chi connectivity index (χ2v) is 6.44. The average Bonchev–Trinajstić information content (AvgIpc) is 2.59. The molecule has 1 amide bonds. The summed E-state index contributed by atoms with van der Waals surface area (Å²) in [7, 11) is -1.02. The molecule has 11 heteroatoms. The Kier molecular flexibility index (Phi) is 6.17. The number of rotatable bonds is 8. The van der Waals surface area contributed by atoms with Crippen LogP contribution in [0.3, 0.4) is 0 Å². The summed E-state index contributed by atoms with van der Waals surface area (Å²) in [5.41, 5.74) is 8.20. The molecule has 0 radical (unpaired) electrons. The highest BCUT2D eigenvalue weighted by Crippen LogP contribution is 2.37. The van der Waals surface area contributed by atoms with Gasteiger partial charge in [0.05, 0.1) is 13.2 Å². The number of aryl methyl sites for hydroxylation is 1. The summed E-state index contributed by atoms with van der Waals surface area (Å²) in [5.74, 6) is -1.12. The molecule has 146 valence electrons. The van der Waals surface area contributed by atoms with Gasteiger partial charge in [-0.25, -0.2) is 10.3 Å². The van der Waals surface area contributed by atoms with Gasteiger partial charge < -0.3 is 25.3 Å². The lowest BCUT2D eigenvalue weighted by atomic mass is 9.78. The number of nitrogens with one attached hydrogen (secondary N) is 1. The van der Waals surface area contributed by atoms with Crippen LogP contribution in [0.2, 0.25) is 6.32 Å². The molecule has 0 bridgehead atoms. The van der Waals surface area contributed by atoms with Gasteiger partial charge in [0.25, 0.3) is 5.91 Å². The number of amides is 1. The van der Waals surface area contributed by atoms with Gasteiger partial charge in [-0.15, -0.1) is 0 Å². The smallest absolute Gasteiger partial charge is 0.522 e. The Labute approximate surface area is 156 Å². The summed E-state index contributed by atoms with van der Waals surface area (Å²) in [6.45, 7) is 1.65. The first-order chi connectivity index (χ1) is 13.0. The van der Waals surface area contributed by atoms with Gasteiger partial charge in [0.2, 0.25) is 0 Å². The topological polar surface area (TPSA) is 144 Å². The molecule has 0 aliphatic carbocycles. The number of ether oxygens (including phenoxy) is 1. The molecule has 0 unspecified atom stereocenters. The quantitative estimate of drug-likeness (QED) is 0.251. The van der Waals surface area contributed by atoms with Crippen LogP contribution in [0.4, 0.5) is 0 Å². The van der Waals surface area contributed by atoms with Crippen molar-refractivity contribution in [1.82, 2.24) is 10.4 Å². The monoisotopic (exact) mass is 379 g/mol. The van der Waals surface area contributed by atoms with Crippen LogP contribution in [0.5, 0.6) is 11.5 Å². The van der Waals surface area contributed by atoms with E-state index in [0.29, 0.717) is 32.4 Å². The van der Waals surface area contributed by atoms with Gasteiger partial charge in [-0.2, -0.15) is 0 Å². The number of nitrogens with zero attached hydrogens (tertiary/aromatic N) is 1. The average molecular weight is 379 g/mol. The second-order valence-electron chi connectivity index (χ2n) is 6.44. The zero-order valence-electron chi connectivity index (χ0n) is 14.7. The number of carbonyl (C=O) groups excluding carboxylic acids is 1. The van der Waals surface area contributed by atoms with E-state index in [4.69, 9.17) is 20.0 Å². The molecule has 0 aromatic heterocycles. The van der Waals surface area contributed by atoms with E-state index in [2.05, 4.69) is 5.48 Å². The molecule has 27 heavy (non-hydrogen) atoms. The maximum absolute atomic E-state index is 11.7. The minimum atomic E-state index is -1.18. The first kappa shape index (κ1) is 19.4. The molecule has 2 aliphatic rings. The molecular weight excluding hydrogens is 357 g/mol. The Morgan fingerprint density at radius 2 is 2.19 bits per heavy atom. The summed E-state index contributed by atoms with van der Waals surface area (Å²) < 4.78 is 11.1. The van der Waals surface area contributed by atoms with Gasteiger partial charge in [0.15, 0.2) is 0 Å². The SMILES string of the molecule is NCCONC(=O)CN1CC(Oc2ccc3c(c2C(=O)O)OB(O)CC3)C1. The van der Waals surface area contributed by atoms with Gasteiger partial charge >= 0.3 is 13.1 Å². The summed E-state index contributed by atoms with van der Waals surface area (Å²) in [4.78, 5) is 30.0. The molecular formula is C16H22BN3O7. The number of benzene rings is 1. The number of nitrogens with two attached hydrogens (primary N) is 1. The number of aromatic carboxylic acids is 1. The van der Waals surface area contributed by atoms with Gasteiger partial charge in [0, 0.05) is 19.6 Å². The molecule has 10 nitrogen and oxygen atoms in total. The minimum Gasteiger partial charge on any atom is -0.535 e. The fourth-order valence-electron chi connectivity index (χ4n) is 3.05. The molecule has 2 heterocycles. The Bertz CT molecular complexity index is 711. The molecule has 2 aliphatic heterocycles. The van der Waals surface area contributed by atoms with Gasteiger partial charge in [0.1, 0.15) is 23.2 Å².